The minimum atomic E-state index is -1.99. The Kier molecular flexibility index (Phi) is 3.84. The number of aromatic nitrogens is 2. The molecule has 4 rings (SSSR count). The van der Waals surface area contributed by atoms with Crippen molar-refractivity contribution in [1.82, 2.24) is 9.38 Å². The van der Waals surface area contributed by atoms with Crippen LogP contribution in [0.2, 0.25) is 14.8 Å². The average molecular weight is 443 g/mol. The molecule has 0 spiro atoms. The van der Waals surface area contributed by atoms with E-state index in [0.29, 0.717) is 0 Å². The van der Waals surface area contributed by atoms with E-state index in [4.69, 9.17) is 9.72 Å². The van der Waals surface area contributed by atoms with Gasteiger partial charge < -0.3 is 0 Å². The Labute approximate surface area is 149 Å². The number of imidazole rings is 1. The van der Waals surface area contributed by atoms with Crippen LogP contribution in [-0.4, -0.2) is 34.9 Å². The van der Waals surface area contributed by atoms with Crippen molar-refractivity contribution >= 4 is 48.5 Å². The monoisotopic (exact) mass is 444 g/mol. The van der Waals surface area contributed by atoms with Gasteiger partial charge in [0, 0.05) is 0 Å². The number of thiazole rings is 1. The van der Waals surface area contributed by atoms with Crippen LogP contribution in [0.3, 0.4) is 0 Å². The van der Waals surface area contributed by atoms with E-state index in [1.807, 2.05) is 6.07 Å². The molecule has 0 amide bonds. The summed E-state index contributed by atoms with van der Waals surface area (Å²) in [6, 6.07) is 15.2. The Bertz CT molecular complexity index is 1030. The molecule has 2 aromatic carbocycles. The van der Waals surface area contributed by atoms with Gasteiger partial charge in [-0.2, -0.15) is 0 Å². The summed E-state index contributed by atoms with van der Waals surface area (Å²) >= 11 is -0.280. The molecule has 24 heavy (non-hydrogen) atoms. The van der Waals surface area contributed by atoms with Crippen molar-refractivity contribution in [3.05, 3.63) is 48.7 Å². The van der Waals surface area contributed by atoms with Gasteiger partial charge in [-0.15, -0.1) is 0 Å². The van der Waals surface area contributed by atoms with E-state index in [-0.39, 0.29) is 0 Å². The van der Waals surface area contributed by atoms with Crippen molar-refractivity contribution in [3.63, 3.8) is 0 Å². The summed E-state index contributed by atoms with van der Waals surface area (Å²) in [7, 11) is 1.70. The number of benzene rings is 2. The molecule has 0 aliphatic carbocycles. The number of methoxy groups -OCH3 is 1. The van der Waals surface area contributed by atoms with Crippen LogP contribution in [0.1, 0.15) is 0 Å². The molecule has 0 saturated heterocycles. The van der Waals surface area contributed by atoms with Crippen molar-refractivity contribution in [2.24, 2.45) is 0 Å². The fraction of sp³-hybridized carbons (Fsp3) is 0.211. The third-order valence-corrected chi connectivity index (χ3v) is 11.3. The van der Waals surface area contributed by atoms with Crippen molar-refractivity contribution in [2.45, 2.75) is 14.8 Å². The number of hydrogen-bond acceptors (Lipinski definition) is 3. The van der Waals surface area contributed by atoms with Crippen molar-refractivity contribution < 1.29 is 4.74 Å². The van der Waals surface area contributed by atoms with Gasteiger partial charge in [0.1, 0.15) is 0 Å². The van der Waals surface area contributed by atoms with Gasteiger partial charge in [0.25, 0.3) is 0 Å². The first-order valence-electron chi connectivity index (χ1n) is 8.02. The summed E-state index contributed by atoms with van der Waals surface area (Å²) in [4.78, 5) is 13.2. The number of hydrogen-bond donors (Lipinski definition) is 0. The summed E-state index contributed by atoms with van der Waals surface area (Å²) in [5, 5.41) is 0. The van der Waals surface area contributed by atoms with Gasteiger partial charge in [-0.3, -0.25) is 0 Å². The molecule has 2 heterocycles. The third kappa shape index (κ3) is 2.71. The van der Waals surface area contributed by atoms with E-state index in [2.05, 4.69) is 61.8 Å². The number of nitrogens with zero attached hydrogens (tertiary/aromatic N) is 2. The molecule has 122 valence electrons. The van der Waals surface area contributed by atoms with Crippen LogP contribution in [0, 0.1) is 0 Å². The number of ether oxygens (including phenoxy) is 1. The maximum absolute atomic E-state index is 5.35. The molecular formula is C19H20N2OSSn. The topological polar surface area (TPSA) is 26.5 Å². The zero-order valence-corrected chi connectivity index (χ0v) is 18.0. The van der Waals surface area contributed by atoms with Crippen molar-refractivity contribution in [2.75, 3.05) is 7.11 Å². The van der Waals surface area contributed by atoms with Gasteiger partial charge in [-0.05, 0) is 0 Å². The van der Waals surface area contributed by atoms with Crippen LogP contribution < -0.4 is 8.32 Å². The Morgan fingerprint density at radius 3 is 2.46 bits per heavy atom. The van der Waals surface area contributed by atoms with E-state index in [1.54, 1.807) is 22.0 Å². The molecule has 2 aromatic heterocycles. The second-order valence-corrected chi connectivity index (χ2v) is 22.5. The van der Waals surface area contributed by atoms with E-state index < -0.39 is 18.4 Å². The Hall–Kier alpha value is -1.53. The van der Waals surface area contributed by atoms with Crippen LogP contribution in [0.5, 0.6) is 5.75 Å². The molecule has 5 heteroatoms. The van der Waals surface area contributed by atoms with E-state index in [9.17, 15) is 0 Å². The normalized spacial score (nSPS) is 12.2. The second-order valence-electron chi connectivity index (χ2n) is 7.04. The summed E-state index contributed by atoms with van der Waals surface area (Å²) in [6.07, 6.45) is 2.13. The fourth-order valence-electron chi connectivity index (χ4n) is 2.89. The van der Waals surface area contributed by atoms with E-state index >= 15 is 0 Å². The van der Waals surface area contributed by atoms with Gasteiger partial charge in [-0.25, -0.2) is 0 Å². The van der Waals surface area contributed by atoms with E-state index in [1.165, 1.54) is 10.3 Å². The summed E-state index contributed by atoms with van der Waals surface area (Å²) < 4.78 is 10.3. The number of fused-ring (bicyclic) bond motifs is 3. The molecule has 3 nitrogen and oxygen atoms in total. The fourth-order valence-corrected chi connectivity index (χ4v) is 7.20. The minimum absolute atomic E-state index is 0.875. The first-order valence-corrected chi connectivity index (χ1v) is 18.8. The maximum atomic E-state index is 5.35. The first kappa shape index (κ1) is 16.0. The zero-order chi connectivity index (χ0) is 16.9. The SMILES string of the molecule is COc1ccc2sc3nc(-c4cc[c]([Sn]([CH3])([CH3])[CH3])cc4)cn3c2c1. The summed E-state index contributed by atoms with van der Waals surface area (Å²) in [6.45, 7) is 0. The van der Waals surface area contributed by atoms with Gasteiger partial charge in [-0.1, -0.05) is 0 Å². The second kappa shape index (κ2) is 5.77. The molecule has 0 N–H and O–H groups in total. The molecule has 0 aliphatic rings. The summed E-state index contributed by atoms with van der Waals surface area (Å²) in [5.41, 5.74) is 3.36. The van der Waals surface area contributed by atoms with Gasteiger partial charge in [0.2, 0.25) is 0 Å². The molecule has 0 bridgehead atoms. The number of rotatable bonds is 3. The van der Waals surface area contributed by atoms with Crippen LogP contribution in [0.15, 0.2) is 48.7 Å². The van der Waals surface area contributed by atoms with Crippen LogP contribution in [0.25, 0.3) is 26.4 Å². The molecule has 0 unspecified atom stereocenters. The molecular weight excluding hydrogens is 423 g/mol. The van der Waals surface area contributed by atoms with Crippen LogP contribution >= 0.6 is 11.3 Å². The van der Waals surface area contributed by atoms with E-state index in [0.717, 1.165) is 21.9 Å². The Balaban J connectivity index is 1.80. The van der Waals surface area contributed by atoms with Gasteiger partial charge >= 0.3 is 150 Å². The van der Waals surface area contributed by atoms with Crippen molar-refractivity contribution in [1.29, 1.82) is 0 Å². The van der Waals surface area contributed by atoms with Crippen LogP contribution in [-0.2, 0) is 0 Å². The molecule has 0 aliphatic heterocycles. The molecule has 0 atom stereocenters. The van der Waals surface area contributed by atoms with Crippen LogP contribution in [0.4, 0.5) is 0 Å². The Morgan fingerprint density at radius 1 is 1.04 bits per heavy atom. The zero-order valence-electron chi connectivity index (χ0n) is 14.3. The molecule has 4 aromatic rings. The predicted octanol–water partition coefficient (Wildman–Crippen LogP) is 4.77. The van der Waals surface area contributed by atoms with Gasteiger partial charge in [0.15, 0.2) is 0 Å². The summed E-state index contributed by atoms with van der Waals surface area (Å²) in [5.74, 6) is 0.875. The van der Waals surface area contributed by atoms with Gasteiger partial charge in [0.05, 0.1) is 0 Å². The Morgan fingerprint density at radius 2 is 1.79 bits per heavy atom. The first-order chi connectivity index (χ1) is 11.5. The molecule has 0 radical (unpaired) electrons. The quantitative estimate of drug-likeness (QED) is 0.427. The molecule has 0 saturated carbocycles. The molecule has 0 fully saturated rings. The predicted molar refractivity (Wildman–Crippen MR) is 106 cm³/mol. The average Bonchev–Trinajstić information content (AvgIpc) is 3.11. The van der Waals surface area contributed by atoms with Crippen molar-refractivity contribution in [3.8, 4) is 17.0 Å². The third-order valence-electron chi connectivity index (χ3n) is 4.35. The standard InChI is InChI=1S/C16H11N2OS.3CH3.Sn/c1-19-12-7-8-15-14(9-12)18-10-13(17-16(18)20-15)11-5-3-2-4-6-11;;;;/h3-10H,1H3;3*1H3;.